The van der Waals surface area contributed by atoms with Crippen LogP contribution in [0, 0.1) is 6.92 Å². The fourth-order valence-corrected chi connectivity index (χ4v) is 1.75. The Morgan fingerprint density at radius 2 is 2.19 bits per heavy atom. The number of nitrogens with zero attached hydrogens (tertiary/aromatic N) is 2. The van der Waals surface area contributed by atoms with Gasteiger partial charge in [0.15, 0.2) is 6.29 Å². The van der Waals surface area contributed by atoms with Crippen LogP contribution in [0.4, 0.5) is 0 Å². The molecular weight excluding hydrogens is 200 g/mol. The van der Waals surface area contributed by atoms with Gasteiger partial charge in [0.2, 0.25) is 0 Å². The molecule has 0 bridgehead atoms. The Kier molecular flexibility index (Phi) is 3.15. The molecule has 0 aliphatic carbocycles. The lowest BCUT2D eigenvalue weighted by atomic mass is 10.1. The van der Waals surface area contributed by atoms with Crippen LogP contribution >= 0.6 is 0 Å². The molecule has 0 aliphatic rings. The number of carbonyl (C=O) groups is 1. The van der Waals surface area contributed by atoms with E-state index < -0.39 is 0 Å². The van der Waals surface area contributed by atoms with Crippen molar-refractivity contribution in [2.75, 3.05) is 0 Å². The van der Waals surface area contributed by atoms with Gasteiger partial charge in [0.1, 0.15) is 5.69 Å². The van der Waals surface area contributed by atoms with Gasteiger partial charge in [-0.15, -0.1) is 0 Å². The Bertz CT molecular complexity index is 488. The Hall–Kier alpha value is -1.90. The standard InChI is InChI=1S/C13H14N2O/c1-11-4-2-3-5-12(11)6-7-15-10-14-8-13(15)9-16/h2-5,8-10H,6-7H2,1H3. The highest BCUT2D eigenvalue weighted by atomic mass is 16.1. The number of imidazole rings is 1. The molecule has 0 spiro atoms. The summed E-state index contributed by atoms with van der Waals surface area (Å²) in [5.74, 6) is 0. The maximum Gasteiger partial charge on any atom is 0.168 e. The first-order chi connectivity index (χ1) is 7.81. The predicted octanol–water partition coefficient (Wildman–Crippen LogP) is 2.25. The quantitative estimate of drug-likeness (QED) is 0.732. The van der Waals surface area contributed by atoms with E-state index in [1.54, 1.807) is 12.5 Å². The monoisotopic (exact) mass is 214 g/mol. The van der Waals surface area contributed by atoms with E-state index in [1.165, 1.54) is 11.1 Å². The number of rotatable bonds is 4. The Morgan fingerprint density at radius 1 is 1.38 bits per heavy atom. The van der Waals surface area contributed by atoms with Crippen molar-refractivity contribution in [3.05, 3.63) is 53.6 Å². The van der Waals surface area contributed by atoms with Crippen LogP contribution in [0.1, 0.15) is 21.6 Å². The van der Waals surface area contributed by atoms with Gasteiger partial charge in [0, 0.05) is 6.54 Å². The third-order valence-electron chi connectivity index (χ3n) is 2.75. The molecule has 3 heteroatoms. The number of aromatic nitrogens is 2. The van der Waals surface area contributed by atoms with E-state index in [1.807, 2.05) is 16.7 Å². The van der Waals surface area contributed by atoms with E-state index in [9.17, 15) is 4.79 Å². The SMILES string of the molecule is Cc1ccccc1CCn1cncc1C=O. The first kappa shape index (κ1) is 10.6. The Labute approximate surface area is 94.7 Å². The van der Waals surface area contributed by atoms with Crippen molar-refractivity contribution in [1.29, 1.82) is 0 Å². The number of benzene rings is 1. The van der Waals surface area contributed by atoms with Crippen molar-refractivity contribution < 1.29 is 4.79 Å². The summed E-state index contributed by atoms with van der Waals surface area (Å²) >= 11 is 0. The van der Waals surface area contributed by atoms with E-state index >= 15 is 0 Å². The minimum atomic E-state index is 0.633. The summed E-state index contributed by atoms with van der Waals surface area (Å²) in [6, 6.07) is 8.29. The normalized spacial score (nSPS) is 10.3. The molecule has 0 aliphatic heterocycles. The zero-order valence-corrected chi connectivity index (χ0v) is 9.26. The highest BCUT2D eigenvalue weighted by Crippen LogP contribution is 2.09. The first-order valence-electron chi connectivity index (χ1n) is 5.31. The van der Waals surface area contributed by atoms with Gasteiger partial charge in [-0.1, -0.05) is 24.3 Å². The van der Waals surface area contributed by atoms with Crippen molar-refractivity contribution in [2.24, 2.45) is 0 Å². The molecule has 1 aromatic carbocycles. The summed E-state index contributed by atoms with van der Waals surface area (Å²) in [5, 5.41) is 0. The molecule has 1 heterocycles. The topological polar surface area (TPSA) is 34.9 Å². The van der Waals surface area contributed by atoms with Gasteiger partial charge in [-0.05, 0) is 24.5 Å². The molecule has 0 unspecified atom stereocenters. The molecule has 2 aromatic rings. The van der Waals surface area contributed by atoms with Crippen LogP contribution in [0.5, 0.6) is 0 Å². The van der Waals surface area contributed by atoms with Crippen molar-refractivity contribution in [2.45, 2.75) is 19.9 Å². The van der Waals surface area contributed by atoms with Crippen molar-refractivity contribution >= 4 is 6.29 Å². The number of hydrogen-bond acceptors (Lipinski definition) is 2. The Morgan fingerprint density at radius 3 is 2.94 bits per heavy atom. The van der Waals surface area contributed by atoms with Gasteiger partial charge in [0.05, 0.1) is 12.5 Å². The van der Waals surface area contributed by atoms with Gasteiger partial charge < -0.3 is 4.57 Å². The molecule has 0 amide bonds. The van der Waals surface area contributed by atoms with Crippen LogP contribution in [0.25, 0.3) is 0 Å². The van der Waals surface area contributed by atoms with Gasteiger partial charge in [-0.3, -0.25) is 4.79 Å². The molecule has 2 rings (SSSR count). The van der Waals surface area contributed by atoms with Crippen molar-refractivity contribution in [1.82, 2.24) is 9.55 Å². The van der Waals surface area contributed by atoms with Crippen molar-refractivity contribution in [3.8, 4) is 0 Å². The van der Waals surface area contributed by atoms with E-state index in [0.29, 0.717) is 5.69 Å². The van der Waals surface area contributed by atoms with Gasteiger partial charge in [0.25, 0.3) is 0 Å². The van der Waals surface area contributed by atoms with Gasteiger partial charge in [-0.25, -0.2) is 4.98 Å². The molecule has 82 valence electrons. The van der Waals surface area contributed by atoms with Crippen LogP contribution < -0.4 is 0 Å². The van der Waals surface area contributed by atoms with E-state index in [0.717, 1.165) is 19.3 Å². The average molecular weight is 214 g/mol. The number of aldehydes is 1. The molecule has 0 fully saturated rings. The van der Waals surface area contributed by atoms with E-state index in [-0.39, 0.29) is 0 Å². The smallest absolute Gasteiger partial charge is 0.168 e. The fourth-order valence-electron chi connectivity index (χ4n) is 1.75. The molecule has 0 N–H and O–H groups in total. The summed E-state index contributed by atoms with van der Waals surface area (Å²) in [7, 11) is 0. The summed E-state index contributed by atoms with van der Waals surface area (Å²) in [6.07, 6.45) is 5.04. The fraction of sp³-hybridized carbons (Fsp3) is 0.231. The lowest BCUT2D eigenvalue weighted by Crippen LogP contribution is -2.04. The number of aryl methyl sites for hydroxylation is 3. The predicted molar refractivity (Wildman–Crippen MR) is 62.5 cm³/mol. The zero-order valence-electron chi connectivity index (χ0n) is 9.26. The molecule has 3 nitrogen and oxygen atoms in total. The highest BCUT2D eigenvalue weighted by Gasteiger charge is 2.01. The summed E-state index contributed by atoms with van der Waals surface area (Å²) in [5.41, 5.74) is 3.23. The molecule has 0 saturated heterocycles. The average Bonchev–Trinajstić information content (AvgIpc) is 2.75. The molecular formula is C13H14N2O. The van der Waals surface area contributed by atoms with Gasteiger partial charge in [-0.2, -0.15) is 0 Å². The highest BCUT2D eigenvalue weighted by molar-refractivity contribution is 5.71. The van der Waals surface area contributed by atoms with Gasteiger partial charge >= 0.3 is 0 Å². The third-order valence-corrected chi connectivity index (χ3v) is 2.75. The maximum atomic E-state index is 10.7. The van der Waals surface area contributed by atoms with Crippen LogP contribution in [-0.4, -0.2) is 15.8 Å². The molecule has 1 aromatic heterocycles. The van der Waals surface area contributed by atoms with Crippen LogP contribution in [0.2, 0.25) is 0 Å². The molecule has 0 atom stereocenters. The summed E-state index contributed by atoms with van der Waals surface area (Å²) < 4.78 is 1.87. The lowest BCUT2D eigenvalue weighted by molar-refractivity contribution is 0.111. The molecule has 0 radical (unpaired) electrons. The lowest BCUT2D eigenvalue weighted by Gasteiger charge is -2.07. The number of hydrogen-bond donors (Lipinski definition) is 0. The van der Waals surface area contributed by atoms with E-state index in [2.05, 4.69) is 24.0 Å². The van der Waals surface area contributed by atoms with Crippen molar-refractivity contribution in [3.63, 3.8) is 0 Å². The second-order valence-corrected chi connectivity index (χ2v) is 3.81. The number of carbonyl (C=O) groups excluding carboxylic acids is 1. The van der Waals surface area contributed by atoms with E-state index in [4.69, 9.17) is 0 Å². The Balaban J connectivity index is 2.08. The third kappa shape index (κ3) is 2.19. The zero-order chi connectivity index (χ0) is 11.4. The molecule has 16 heavy (non-hydrogen) atoms. The minimum absolute atomic E-state index is 0.633. The van der Waals surface area contributed by atoms with Crippen LogP contribution in [0.3, 0.4) is 0 Å². The summed E-state index contributed by atoms with van der Waals surface area (Å²) in [6.45, 7) is 2.89. The maximum absolute atomic E-state index is 10.7. The van der Waals surface area contributed by atoms with Crippen LogP contribution in [-0.2, 0) is 13.0 Å². The summed E-state index contributed by atoms with van der Waals surface area (Å²) in [4.78, 5) is 14.7. The minimum Gasteiger partial charge on any atom is -0.328 e. The van der Waals surface area contributed by atoms with Crippen LogP contribution in [0.15, 0.2) is 36.8 Å². The first-order valence-corrected chi connectivity index (χ1v) is 5.31. The largest absolute Gasteiger partial charge is 0.328 e. The second-order valence-electron chi connectivity index (χ2n) is 3.81. The molecule has 0 saturated carbocycles. The second kappa shape index (κ2) is 4.75.